The molecule has 9 heteroatoms. The van der Waals surface area contributed by atoms with Gasteiger partial charge in [-0.1, -0.05) is 12.1 Å². The van der Waals surface area contributed by atoms with Crippen LogP contribution in [0.2, 0.25) is 0 Å². The Morgan fingerprint density at radius 2 is 2.09 bits per heavy atom. The molecule has 23 heavy (non-hydrogen) atoms. The van der Waals surface area contributed by atoms with E-state index in [0.29, 0.717) is 11.6 Å². The lowest BCUT2D eigenvalue weighted by Crippen LogP contribution is -2.30. The van der Waals surface area contributed by atoms with Gasteiger partial charge in [0.05, 0.1) is 6.67 Å². The lowest BCUT2D eigenvalue weighted by atomic mass is 9.97. The minimum atomic E-state index is -4.02. The Labute approximate surface area is 132 Å². The van der Waals surface area contributed by atoms with E-state index < -0.39 is 39.2 Å². The third-order valence-electron chi connectivity index (χ3n) is 4.01. The molecule has 0 bridgehead atoms. The fourth-order valence-electron chi connectivity index (χ4n) is 2.80. The van der Waals surface area contributed by atoms with Crippen molar-refractivity contribution in [2.75, 3.05) is 19.8 Å². The molecule has 2 heterocycles. The number of benzene rings is 1. The number of alkyl halides is 1. The number of H-pyrrole nitrogens is 1. The molecule has 1 saturated heterocycles. The molecule has 1 N–H and O–H groups in total. The van der Waals surface area contributed by atoms with Crippen molar-refractivity contribution >= 4 is 10.0 Å². The van der Waals surface area contributed by atoms with E-state index in [1.54, 1.807) is 6.92 Å². The summed E-state index contributed by atoms with van der Waals surface area (Å²) in [5, 5.41) is 6.68. The van der Waals surface area contributed by atoms with Gasteiger partial charge in [0, 0.05) is 24.9 Å². The van der Waals surface area contributed by atoms with Gasteiger partial charge in [-0.3, -0.25) is 9.49 Å². The fraction of sp³-hybridized carbons (Fsp3) is 0.429. The summed E-state index contributed by atoms with van der Waals surface area (Å²) < 4.78 is 53.5. The SMILES string of the molecule is Cc1nc([C@@H]2CN(S(=O)(=O)c3ccccc3F)C[C@H]2CF)n[nH]1. The maximum absolute atomic E-state index is 13.8. The first-order valence-corrected chi connectivity index (χ1v) is 8.57. The van der Waals surface area contributed by atoms with Crippen LogP contribution in [0, 0.1) is 18.7 Å². The van der Waals surface area contributed by atoms with Gasteiger partial charge in [-0.15, -0.1) is 0 Å². The number of halogens is 2. The topological polar surface area (TPSA) is 79.0 Å². The Hall–Kier alpha value is -1.87. The standard InChI is InChI=1S/C14H16F2N4O2S/c1-9-17-14(19-18-9)11-8-20(7-10(11)6-15)23(21,22)13-5-3-2-4-12(13)16/h2-5,10-11H,6-8H2,1H3,(H,17,18,19)/t10-,11-/m1/s1. The first kappa shape index (κ1) is 16.0. The fourth-order valence-corrected chi connectivity index (χ4v) is 4.38. The summed E-state index contributed by atoms with van der Waals surface area (Å²) in [7, 11) is -4.02. The highest BCUT2D eigenvalue weighted by Crippen LogP contribution is 2.34. The van der Waals surface area contributed by atoms with E-state index in [4.69, 9.17) is 0 Å². The molecule has 1 aromatic carbocycles. The number of nitrogens with zero attached hydrogens (tertiary/aromatic N) is 3. The molecular weight excluding hydrogens is 326 g/mol. The lowest BCUT2D eigenvalue weighted by Gasteiger charge is -2.16. The zero-order chi connectivity index (χ0) is 16.6. The molecule has 0 radical (unpaired) electrons. The van der Waals surface area contributed by atoms with Crippen LogP contribution in [0.25, 0.3) is 0 Å². The van der Waals surface area contributed by atoms with E-state index in [2.05, 4.69) is 15.2 Å². The summed E-state index contributed by atoms with van der Waals surface area (Å²) in [6, 6.07) is 5.17. The predicted octanol–water partition coefficient (Wildman–Crippen LogP) is 1.63. The number of aromatic nitrogens is 3. The third kappa shape index (κ3) is 2.86. The van der Waals surface area contributed by atoms with Gasteiger partial charge in [0.1, 0.15) is 16.5 Å². The van der Waals surface area contributed by atoms with Crippen LogP contribution >= 0.6 is 0 Å². The average molecular weight is 342 g/mol. The lowest BCUT2D eigenvalue weighted by molar-refractivity contribution is 0.345. The second-order valence-corrected chi connectivity index (χ2v) is 7.46. The Morgan fingerprint density at radius 3 is 2.70 bits per heavy atom. The maximum atomic E-state index is 13.8. The van der Waals surface area contributed by atoms with Crippen molar-refractivity contribution in [3.8, 4) is 0 Å². The summed E-state index contributed by atoms with van der Waals surface area (Å²) >= 11 is 0. The van der Waals surface area contributed by atoms with Crippen LogP contribution in [0.1, 0.15) is 17.6 Å². The molecule has 0 spiro atoms. The van der Waals surface area contributed by atoms with E-state index in [9.17, 15) is 17.2 Å². The molecule has 2 atom stereocenters. The van der Waals surface area contributed by atoms with Crippen LogP contribution in [0.15, 0.2) is 29.2 Å². The Bertz CT molecular complexity index is 809. The number of sulfonamides is 1. The zero-order valence-electron chi connectivity index (χ0n) is 12.4. The Balaban J connectivity index is 1.92. The average Bonchev–Trinajstić information content (AvgIpc) is 3.13. The van der Waals surface area contributed by atoms with Crippen molar-refractivity contribution in [2.45, 2.75) is 17.7 Å². The van der Waals surface area contributed by atoms with E-state index >= 15 is 0 Å². The van der Waals surface area contributed by atoms with Crippen LogP contribution in [0.3, 0.4) is 0 Å². The molecule has 0 saturated carbocycles. The van der Waals surface area contributed by atoms with Gasteiger partial charge in [-0.05, 0) is 19.1 Å². The second-order valence-electron chi connectivity index (χ2n) is 5.55. The van der Waals surface area contributed by atoms with Crippen molar-refractivity contribution in [1.29, 1.82) is 0 Å². The molecular formula is C14H16F2N4O2S. The van der Waals surface area contributed by atoms with Gasteiger partial charge in [0.15, 0.2) is 5.82 Å². The number of rotatable bonds is 4. The van der Waals surface area contributed by atoms with E-state index in [-0.39, 0.29) is 13.1 Å². The van der Waals surface area contributed by atoms with Crippen molar-refractivity contribution in [1.82, 2.24) is 19.5 Å². The maximum Gasteiger partial charge on any atom is 0.246 e. The van der Waals surface area contributed by atoms with Gasteiger partial charge < -0.3 is 0 Å². The summed E-state index contributed by atoms with van der Waals surface area (Å²) in [4.78, 5) is 3.77. The molecule has 3 rings (SSSR count). The summed E-state index contributed by atoms with van der Waals surface area (Å²) in [5.41, 5.74) is 0. The van der Waals surface area contributed by atoms with Crippen LogP contribution in [0.5, 0.6) is 0 Å². The van der Waals surface area contributed by atoms with Gasteiger partial charge in [0.2, 0.25) is 10.0 Å². The summed E-state index contributed by atoms with van der Waals surface area (Å²) in [6.07, 6.45) is 0. The quantitative estimate of drug-likeness (QED) is 0.916. The largest absolute Gasteiger partial charge is 0.263 e. The van der Waals surface area contributed by atoms with E-state index in [0.717, 1.165) is 10.4 Å². The van der Waals surface area contributed by atoms with Crippen molar-refractivity contribution in [2.24, 2.45) is 5.92 Å². The first-order valence-electron chi connectivity index (χ1n) is 7.13. The molecule has 1 fully saturated rings. The van der Waals surface area contributed by atoms with Gasteiger partial charge >= 0.3 is 0 Å². The number of hydrogen-bond donors (Lipinski definition) is 1. The first-order chi connectivity index (χ1) is 10.9. The van der Waals surface area contributed by atoms with Crippen molar-refractivity contribution < 1.29 is 17.2 Å². The van der Waals surface area contributed by atoms with Crippen LogP contribution in [-0.4, -0.2) is 47.7 Å². The molecule has 6 nitrogen and oxygen atoms in total. The molecule has 124 valence electrons. The van der Waals surface area contributed by atoms with Crippen LogP contribution in [-0.2, 0) is 10.0 Å². The third-order valence-corrected chi connectivity index (χ3v) is 5.87. The monoisotopic (exact) mass is 342 g/mol. The molecule has 0 aliphatic carbocycles. The zero-order valence-corrected chi connectivity index (χ0v) is 13.2. The van der Waals surface area contributed by atoms with Gasteiger partial charge in [-0.25, -0.2) is 17.8 Å². The molecule has 1 aliphatic heterocycles. The normalized spacial score (nSPS) is 22.6. The molecule has 1 aliphatic rings. The Kier molecular flexibility index (Phi) is 4.15. The Morgan fingerprint density at radius 1 is 1.35 bits per heavy atom. The highest BCUT2D eigenvalue weighted by molar-refractivity contribution is 7.89. The van der Waals surface area contributed by atoms with Gasteiger partial charge in [-0.2, -0.15) is 9.40 Å². The molecule has 2 aromatic rings. The van der Waals surface area contributed by atoms with Crippen molar-refractivity contribution in [3.63, 3.8) is 0 Å². The highest BCUT2D eigenvalue weighted by atomic mass is 32.2. The van der Waals surface area contributed by atoms with E-state index in [1.165, 1.54) is 18.2 Å². The number of aromatic amines is 1. The highest BCUT2D eigenvalue weighted by Gasteiger charge is 2.42. The second kappa shape index (κ2) is 5.97. The molecule has 0 amide bonds. The van der Waals surface area contributed by atoms with Crippen LogP contribution < -0.4 is 0 Å². The van der Waals surface area contributed by atoms with Crippen molar-refractivity contribution in [3.05, 3.63) is 41.7 Å². The number of aryl methyl sites for hydroxylation is 1. The number of hydrogen-bond acceptors (Lipinski definition) is 4. The minimum Gasteiger partial charge on any atom is -0.263 e. The summed E-state index contributed by atoms with van der Waals surface area (Å²) in [5.74, 6) is -0.857. The van der Waals surface area contributed by atoms with Crippen LogP contribution in [0.4, 0.5) is 8.78 Å². The predicted molar refractivity (Wildman–Crippen MR) is 78.5 cm³/mol. The van der Waals surface area contributed by atoms with Gasteiger partial charge in [0.25, 0.3) is 0 Å². The smallest absolute Gasteiger partial charge is 0.246 e. The molecule has 0 unspecified atom stereocenters. The minimum absolute atomic E-state index is 0.0224. The summed E-state index contributed by atoms with van der Waals surface area (Å²) in [6.45, 7) is 1.03. The number of nitrogens with one attached hydrogen (secondary N) is 1. The van der Waals surface area contributed by atoms with E-state index in [1.807, 2.05) is 0 Å². The molecule has 1 aromatic heterocycles.